The van der Waals surface area contributed by atoms with E-state index in [1.165, 1.54) is 19.3 Å². The maximum absolute atomic E-state index is 11.4. The first-order chi connectivity index (χ1) is 7.72. The molecule has 2 heterocycles. The van der Waals surface area contributed by atoms with Gasteiger partial charge in [0.05, 0.1) is 19.9 Å². The number of carbonyl (C=O) groups excluding carboxylic acids is 2. The highest BCUT2D eigenvalue weighted by Crippen LogP contribution is 2.19. The molecule has 0 saturated heterocycles. The summed E-state index contributed by atoms with van der Waals surface area (Å²) in [5.74, 6) is -0.0391. The predicted octanol–water partition coefficient (Wildman–Crippen LogP) is 0.515. The predicted molar refractivity (Wildman–Crippen MR) is 55.5 cm³/mol. The molecule has 0 atom stereocenters. The van der Waals surface area contributed by atoms with E-state index in [2.05, 4.69) is 4.98 Å². The van der Waals surface area contributed by atoms with Crippen LogP contribution in [0.1, 0.15) is 5.56 Å². The number of aromatic nitrogens is 1. The average Bonchev–Trinajstić information content (AvgIpc) is 2.61. The molecule has 2 rings (SSSR count). The van der Waals surface area contributed by atoms with Crippen LogP contribution in [0.25, 0.3) is 0 Å². The third-order valence-electron chi connectivity index (χ3n) is 2.32. The highest BCUT2D eigenvalue weighted by molar-refractivity contribution is 6.12. The summed E-state index contributed by atoms with van der Waals surface area (Å²) in [4.78, 5) is 27.8. The number of methoxy groups -OCH3 is 1. The van der Waals surface area contributed by atoms with Crippen molar-refractivity contribution in [3.63, 3.8) is 0 Å². The van der Waals surface area contributed by atoms with Gasteiger partial charge in [-0.1, -0.05) is 0 Å². The molecule has 1 aliphatic rings. The molecule has 16 heavy (non-hydrogen) atoms. The maximum Gasteiger partial charge on any atom is 0.253 e. The first-order valence-corrected chi connectivity index (χ1v) is 4.73. The molecule has 5 heteroatoms. The van der Waals surface area contributed by atoms with Crippen LogP contribution >= 0.6 is 0 Å². The van der Waals surface area contributed by atoms with Crippen molar-refractivity contribution in [3.05, 3.63) is 36.2 Å². The molecule has 0 unspecified atom stereocenters. The molecule has 0 aliphatic carbocycles. The molecular formula is C11H10N2O3. The number of hydrogen-bond donors (Lipinski definition) is 0. The number of hydrogen-bond acceptors (Lipinski definition) is 4. The fourth-order valence-electron chi connectivity index (χ4n) is 1.48. The number of ether oxygens (including phenoxy) is 1. The number of rotatable bonds is 3. The molecule has 1 aromatic rings. The Kier molecular flexibility index (Phi) is 2.68. The molecule has 82 valence electrons. The van der Waals surface area contributed by atoms with Crippen LogP contribution < -0.4 is 4.74 Å². The van der Waals surface area contributed by atoms with Crippen LogP contribution in [0.4, 0.5) is 0 Å². The van der Waals surface area contributed by atoms with Crippen LogP contribution in [0.15, 0.2) is 30.6 Å². The van der Waals surface area contributed by atoms with E-state index in [4.69, 9.17) is 4.74 Å². The number of carbonyl (C=O) groups is 2. The van der Waals surface area contributed by atoms with E-state index in [-0.39, 0.29) is 18.4 Å². The summed E-state index contributed by atoms with van der Waals surface area (Å²) in [5.41, 5.74) is 0.753. The van der Waals surface area contributed by atoms with Crippen molar-refractivity contribution in [1.82, 2.24) is 9.88 Å². The van der Waals surface area contributed by atoms with E-state index >= 15 is 0 Å². The standard InChI is InChI=1S/C11H10N2O3/c1-16-9-6-12-5-4-8(9)7-13-10(14)2-3-11(13)15/h2-6H,7H2,1H3. The van der Waals surface area contributed by atoms with Crippen molar-refractivity contribution in [2.24, 2.45) is 0 Å². The van der Waals surface area contributed by atoms with E-state index in [1.54, 1.807) is 18.5 Å². The Morgan fingerprint density at radius 2 is 2.00 bits per heavy atom. The molecule has 0 aromatic carbocycles. The van der Waals surface area contributed by atoms with Gasteiger partial charge in [0, 0.05) is 23.9 Å². The second-order valence-corrected chi connectivity index (χ2v) is 3.28. The van der Waals surface area contributed by atoms with Gasteiger partial charge in [0.2, 0.25) is 0 Å². The molecule has 0 bridgehead atoms. The van der Waals surface area contributed by atoms with Gasteiger partial charge in [-0.3, -0.25) is 19.5 Å². The average molecular weight is 218 g/mol. The normalized spacial score (nSPS) is 14.7. The van der Waals surface area contributed by atoms with Crippen LogP contribution in [0.3, 0.4) is 0 Å². The molecule has 0 fully saturated rings. The van der Waals surface area contributed by atoms with E-state index < -0.39 is 0 Å². The lowest BCUT2D eigenvalue weighted by atomic mass is 10.2. The molecule has 5 nitrogen and oxygen atoms in total. The lowest BCUT2D eigenvalue weighted by Gasteiger charge is -2.15. The van der Waals surface area contributed by atoms with E-state index in [0.717, 1.165) is 10.5 Å². The summed E-state index contributed by atoms with van der Waals surface area (Å²) in [6, 6.07) is 1.72. The number of nitrogens with zero attached hydrogens (tertiary/aromatic N) is 2. The zero-order valence-corrected chi connectivity index (χ0v) is 8.71. The smallest absolute Gasteiger partial charge is 0.253 e. The minimum absolute atomic E-state index is 0.205. The number of amides is 2. The van der Waals surface area contributed by atoms with Gasteiger partial charge in [-0.05, 0) is 6.07 Å². The summed E-state index contributed by atoms with van der Waals surface area (Å²) >= 11 is 0. The Labute approximate surface area is 92.3 Å². The molecule has 2 amide bonds. The second-order valence-electron chi connectivity index (χ2n) is 3.28. The summed E-state index contributed by atoms with van der Waals surface area (Å²) in [7, 11) is 1.52. The summed E-state index contributed by atoms with van der Waals surface area (Å²) in [6.07, 6.45) is 5.66. The Morgan fingerprint density at radius 1 is 1.31 bits per heavy atom. The molecule has 1 aromatic heterocycles. The maximum atomic E-state index is 11.4. The van der Waals surface area contributed by atoms with E-state index in [9.17, 15) is 9.59 Å². The minimum Gasteiger partial charge on any atom is -0.495 e. The highest BCUT2D eigenvalue weighted by Gasteiger charge is 2.24. The first-order valence-electron chi connectivity index (χ1n) is 4.73. The molecule has 0 saturated carbocycles. The lowest BCUT2D eigenvalue weighted by Crippen LogP contribution is -2.29. The third kappa shape index (κ3) is 1.79. The summed E-state index contributed by atoms with van der Waals surface area (Å²) in [5, 5.41) is 0. The van der Waals surface area contributed by atoms with Gasteiger partial charge in [-0.15, -0.1) is 0 Å². The topological polar surface area (TPSA) is 59.5 Å². The third-order valence-corrected chi connectivity index (χ3v) is 2.32. The molecule has 1 aliphatic heterocycles. The lowest BCUT2D eigenvalue weighted by molar-refractivity contribution is -0.137. The largest absolute Gasteiger partial charge is 0.495 e. The monoisotopic (exact) mass is 218 g/mol. The minimum atomic E-state index is -0.302. The van der Waals surface area contributed by atoms with Crippen molar-refractivity contribution in [1.29, 1.82) is 0 Å². The van der Waals surface area contributed by atoms with E-state index in [0.29, 0.717) is 5.75 Å². The Bertz CT molecular complexity index is 450. The number of pyridine rings is 1. The van der Waals surface area contributed by atoms with Crippen LogP contribution in [-0.2, 0) is 16.1 Å². The second kappa shape index (κ2) is 4.14. The SMILES string of the molecule is COc1cnccc1CN1C(=O)C=CC1=O. The van der Waals surface area contributed by atoms with Crippen molar-refractivity contribution in [3.8, 4) is 5.75 Å². The van der Waals surface area contributed by atoms with Gasteiger partial charge in [0.1, 0.15) is 5.75 Å². The van der Waals surface area contributed by atoms with Gasteiger partial charge in [-0.25, -0.2) is 0 Å². The fourth-order valence-corrected chi connectivity index (χ4v) is 1.48. The summed E-state index contributed by atoms with van der Waals surface area (Å²) in [6.45, 7) is 0.205. The zero-order valence-electron chi connectivity index (χ0n) is 8.71. The van der Waals surface area contributed by atoms with Crippen LogP contribution in [0.5, 0.6) is 5.75 Å². The molecule has 0 spiro atoms. The zero-order chi connectivity index (χ0) is 11.5. The van der Waals surface area contributed by atoms with Crippen molar-refractivity contribution < 1.29 is 14.3 Å². The van der Waals surface area contributed by atoms with Gasteiger partial charge in [0.25, 0.3) is 11.8 Å². The quantitative estimate of drug-likeness (QED) is 0.694. The van der Waals surface area contributed by atoms with Crippen LogP contribution in [0, 0.1) is 0 Å². The molecule has 0 N–H and O–H groups in total. The van der Waals surface area contributed by atoms with Crippen molar-refractivity contribution >= 4 is 11.8 Å². The van der Waals surface area contributed by atoms with E-state index in [1.807, 2.05) is 0 Å². The van der Waals surface area contributed by atoms with Gasteiger partial charge in [-0.2, -0.15) is 0 Å². The Hall–Kier alpha value is -2.17. The highest BCUT2D eigenvalue weighted by atomic mass is 16.5. The Morgan fingerprint density at radius 3 is 2.62 bits per heavy atom. The number of imide groups is 1. The summed E-state index contributed by atoms with van der Waals surface area (Å²) < 4.78 is 5.09. The van der Waals surface area contributed by atoms with Gasteiger partial charge in [0.15, 0.2) is 0 Å². The Balaban J connectivity index is 2.21. The van der Waals surface area contributed by atoms with Gasteiger partial charge >= 0.3 is 0 Å². The van der Waals surface area contributed by atoms with Crippen molar-refractivity contribution in [2.75, 3.05) is 7.11 Å². The fraction of sp³-hybridized carbons (Fsp3) is 0.182. The van der Waals surface area contributed by atoms with Crippen molar-refractivity contribution in [2.45, 2.75) is 6.54 Å². The van der Waals surface area contributed by atoms with Gasteiger partial charge < -0.3 is 4.74 Å². The molecular weight excluding hydrogens is 208 g/mol. The van der Waals surface area contributed by atoms with Crippen LogP contribution in [0.2, 0.25) is 0 Å². The first kappa shape index (κ1) is 10.4. The molecule has 0 radical (unpaired) electrons. The van der Waals surface area contributed by atoms with Crippen LogP contribution in [-0.4, -0.2) is 28.8 Å².